The maximum atomic E-state index is 5.82. The first kappa shape index (κ1) is 12.9. The lowest BCUT2D eigenvalue weighted by Gasteiger charge is -2.34. The smallest absolute Gasteiger partial charge is 0.134 e. The molecule has 1 aliphatic rings. The summed E-state index contributed by atoms with van der Waals surface area (Å²) in [4.78, 5) is 10.9. The molecule has 3 rings (SSSR count). The minimum Gasteiger partial charge on any atom is -0.384 e. The highest BCUT2D eigenvalue weighted by Crippen LogP contribution is 2.22. The molecule has 104 valence electrons. The molecular formula is C15H19N5. The fraction of sp³-hybridized carbons (Fsp3) is 0.333. The summed E-state index contributed by atoms with van der Waals surface area (Å²) >= 11 is 0. The highest BCUT2D eigenvalue weighted by molar-refractivity contribution is 5.47. The van der Waals surface area contributed by atoms with E-state index in [0.717, 1.165) is 31.3 Å². The van der Waals surface area contributed by atoms with E-state index in [-0.39, 0.29) is 0 Å². The van der Waals surface area contributed by atoms with Crippen LogP contribution in [0.1, 0.15) is 17.4 Å². The number of nitrogen functional groups attached to an aromatic ring is 1. The van der Waals surface area contributed by atoms with Gasteiger partial charge >= 0.3 is 0 Å². The van der Waals surface area contributed by atoms with Crippen molar-refractivity contribution in [1.29, 1.82) is 0 Å². The van der Waals surface area contributed by atoms with Crippen molar-refractivity contribution in [2.75, 3.05) is 30.3 Å². The lowest BCUT2D eigenvalue weighted by Crippen LogP contribution is -2.46. The number of rotatable bonds is 2. The van der Waals surface area contributed by atoms with Gasteiger partial charge in [-0.1, -0.05) is 30.3 Å². The van der Waals surface area contributed by atoms with Gasteiger partial charge in [-0.3, -0.25) is 0 Å². The molecule has 3 N–H and O–H groups in total. The Morgan fingerprint density at radius 2 is 2.05 bits per heavy atom. The van der Waals surface area contributed by atoms with Gasteiger partial charge in [0, 0.05) is 31.7 Å². The number of hydrogen-bond acceptors (Lipinski definition) is 5. The van der Waals surface area contributed by atoms with E-state index in [4.69, 9.17) is 5.73 Å². The maximum absolute atomic E-state index is 5.82. The molecule has 5 heteroatoms. The van der Waals surface area contributed by atoms with Gasteiger partial charge in [0.25, 0.3) is 0 Å². The third kappa shape index (κ3) is 2.72. The van der Waals surface area contributed by atoms with Gasteiger partial charge in [-0.25, -0.2) is 9.97 Å². The first-order chi connectivity index (χ1) is 9.72. The van der Waals surface area contributed by atoms with Crippen molar-refractivity contribution in [3.05, 3.63) is 47.8 Å². The molecule has 0 radical (unpaired) electrons. The molecule has 1 aliphatic heterocycles. The summed E-state index contributed by atoms with van der Waals surface area (Å²) in [5, 5.41) is 3.55. The first-order valence-corrected chi connectivity index (χ1v) is 6.87. The summed E-state index contributed by atoms with van der Waals surface area (Å²) in [7, 11) is 0. The second-order valence-corrected chi connectivity index (χ2v) is 5.06. The third-order valence-corrected chi connectivity index (χ3v) is 3.55. The maximum Gasteiger partial charge on any atom is 0.134 e. The van der Waals surface area contributed by atoms with E-state index in [1.165, 1.54) is 5.56 Å². The lowest BCUT2D eigenvalue weighted by molar-refractivity contribution is 0.469. The molecule has 2 heterocycles. The van der Waals surface area contributed by atoms with Crippen LogP contribution in [0.5, 0.6) is 0 Å². The number of nitrogens with two attached hydrogens (primary N) is 1. The number of aryl methyl sites for hydroxylation is 1. The van der Waals surface area contributed by atoms with Gasteiger partial charge in [0.2, 0.25) is 0 Å². The predicted molar refractivity (Wildman–Crippen MR) is 80.6 cm³/mol. The van der Waals surface area contributed by atoms with Crippen molar-refractivity contribution in [3.63, 3.8) is 0 Å². The van der Waals surface area contributed by atoms with Gasteiger partial charge in [-0.15, -0.1) is 0 Å². The number of aromatic nitrogens is 2. The number of piperazine rings is 1. The fourth-order valence-corrected chi connectivity index (χ4v) is 2.60. The minimum atomic E-state index is 0.321. The molecular weight excluding hydrogens is 250 g/mol. The zero-order valence-corrected chi connectivity index (χ0v) is 11.6. The van der Waals surface area contributed by atoms with Gasteiger partial charge in [-0.05, 0) is 12.5 Å². The van der Waals surface area contributed by atoms with Crippen LogP contribution in [0.4, 0.5) is 11.6 Å². The van der Waals surface area contributed by atoms with Crippen LogP contribution >= 0.6 is 0 Å². The molecule has 1 saturated heterocycles. The van der Waals surface area contributed by atoms with Crippen LogP contribution in [-0.4, -0.2) is 29.6 Å². The van der Waals surface area contributed by atoms with E-state index in [2.05, 4.69) is 44.5 Å². The van der Waals surface area contributed by atoms with E-state index in [1.807, 2.05) is 19.1 Å². The summed E-state index contributed by atoms with van der Waals surface area (Å²) in [6, 6.07) is 12.7. The highest BCUT2D eigenvalue weighted by atomic mass is 15.3. The van der Waals surface area contributed by atoms with E-state index in [9.17, 15) is 0 Å². The molecule has 5 nitrogen and oxygen atoms in total. The van der Waals surface area contributed by atoms with Crippen molar-refractivity contribution in [1.82, 2.24) is 15.3 Å². The van der Waals surface area contributed by atoms with E-state index in [0.29, 0.717) is 11.9 Å². The summed E-state index contributed by atoms with van der Waals surface area (Å²) in [6.45, 7) is 4.62. The third-order valence-electron chi connectivity index (χ3n) is 3.55. The second kappa shape index (κ2) is 5.46. The van der Waals surface area contributed by atoms with E-state index >= 15 is 0 Å². The summed E-state index contributed by atoms with van der Waals surface area (Å²) in [5.41, 5.74) is 7.12. The molecule has 0 aliphatic carbocycles. The number of nitrogens with one attached hydrogen (secondary N) is 1. The summed E-state index contributed by atoms with van der Waals surface area (Å²) in [6.07, 6.45) is 0. The van der Waals surface area contributed by atoms with Crippen molar-refractivity contribution >= 4 is 11.6 Å². The Labute approximate surface area is 118 Å². The van der Waals surface area contributed by atoms with Gasteiger partial charge in [0.15, 0.2) is 0 Å². The minimum absolute atomic E-state index is 0.321. The molecule has 0 amide bonds. The number of nitrogens with zero attached hydrogens (tertiary/aromatic N) is 3. The fourth-order valence-electron chi connectivity index (χ4n) is 2.60. The zero-order valence-electron chi connectivity index (χ0n) is 11.6. The molecule has 1 fully saturated rings. The molecule has 1 aromatic heterocycles. The summed E-state index contributed by atoms with van der Waals surface area (Å²) < 4.78 is 0. The van der Waals surface area contributed by atoms with Crippen LogP contribution in [0.3, 0.4) is 0 Å². The SMILES string of the molecule is Cc1nc(N)cc(N2CCNC(c3ccccc3)C2)n1. The van der Waals surface area contributed by atoms with Crippen molar-refractivity contribution < 1.29 is 0 Å². The number of anilines is 2. The molecule has 0 bridgehead atoms. The Hall–Kier alpha value is -2.14. The number of benzene rings is 1. The lowest BCUT2D eigenvalue weighted by atomic mass is 10.0. The normalized spacial score (nSPS) is 19.1. The van der Waals surface area contributed by atoms with Crippen LogP contribution in [0, 0.1) is 6.92 Å². The Balaban J connectivity index is 1.81. The van der Waals surface area contributed by atoms with Crippen LogP contribution in [0.2, 0.25) is 0 Å². The molecule has 1 atom stereocenters. The van der Waals surface area contributed by atoms with Gasteiger partial charge in [0.1, 0.15) is 17.5 Å². The molecule has 2 aromatic rings. The number of hydrogen-bond donors (Lipinski definition) is 2. The Kier molecular flexibility index (Phi) is 3.52. The van der Waals surface area contributed by atoms with Gasteiger partial charge in [0.05, 0.1) is 0 Å². The van der Waals surface area contributed by atoms with Crippen LogP contribution in [0.25, 0.3) is 0 Å². The first-order valence-electron chi connectivity index (χ1n) is 6.87. The van der Waals surface area contributed by atoms with Gasteiger partial charge < -0.3 is 16.0 Å². The van der Waals surface area contributed by atoms with E-state index < -0.39 is 0 Å². The highest BCUT2D eigenvalue weighted by Gasteiger charge is 2.21. The van der Waals surface area contributed by atoms with E-state index in [1.54, 1.807) is 0 Å². The van der Waals surface area contributed by atoms with Crippen LogP contribution < -0.4 is 16.0 Å². The predicted octanol–water partition coefficient (Wildman–Crippen LogP) is 1.52. The van der Waals surface area contributed by atoms with Crippen molar-refractivity contribution in [3.8, 4) is 0 Å². The Morgan fingerprint density at radius 1 is 1.25 bits per heavy atom. The molecule has 20 heavy (non-hydrogen) atoms. The average molecular weight is 269 g/mol. The Morgan fingerprint density at radius 3 is 2.80 bits per heavy atom. The molecule has 0 saturated carbocycles. The van der Waals surface area contributed by atoms with Crippen molar-refractivity contribution in [2.45, 2.75) is 13.0 Å². The Bertz CT molecular complexity index is 564. The second-order valence-electron chi connectivity index (χ2n) is 5.06. The molecule has 1 aromatic carbocycles. The standard InChI is InChI=1S/C15H19N5/c1-11-18-14(16)9-15(19-11)20-8-7-17-13(10-20)12-5-3-2-4-6-12/h2-6,9,13,17H,7-8,10H2,1H3,(H2,16,18,19). The van der Waals surface area contributed by atoms with Crippen molar-refractivity contribution in [2.24, 2.45) is 0 Å². The monoisotopic (exact) mass is 269 g/mol. The average Bonchev–Trinajstić information content (AvgIpc) is 2.47. The largest absolute Gasteiger partial charge is 0.384 e. The van der Waals surface area contributed by atoms with Gasteiger partial charge in [-0.2, -0.15) is 0 Å². The topological polar surface area (TPSA) is 67.1 Å². The van der Waals surface area contributed by atoms with Crippen LogP contribution in [-0.2, 0) is 0 Å². The quantitative estimate of drug-likeness (QED) is 0.865. The summed E-state index contributed by atoms with van der Waals surface area (Å²) in [5.74, 6) is 2.16. The molecule has 0 spiro atoms. The molecule has 1 unspecified atom stereocenters. The zero-order chi connectivity index (χ0) is 13.9. The van der Waals surface area contributed by atoms with Crippen LogP contribution in [0.15, 0.2) is 36.4 Å².